The monoisotopic (exact) mass is 463 g/mol. The second kappa shape index (κ2) is 9.43. The van der Waals surface area contributed by atoms with Crippen LogP contribution in [0.1, 0.15) is 48.8 Å². The number of para-hydroxylation sites is 1. The molecule has 1 aliphatic heterocycles. The first-order chi connectivity index (χ1) is 16.3. The largest absolute Gasteiger partial charge is 0.503 e. The number of ether oxygens (including phenoxy) is 2. The molecule has 34 heavy (non-hydrogen) atoms. The van der Waals surface area contributed by atoms with Gasteiger partial charge in [0.15, 0.2) is 22.9 Å². The van der Waals surface area contributed by atoms with Gasteiger partial charge in [-0.2, -0.15) is 0 Å². The number of hydrogen-bond donors (Lipinski definition) is 1. The number of ketones is 1. The zero-order chi connectivity index (χ0) is 24.4. The van der Waals surface area contributed by atoms with Crippen molar-refractivity contribution in [2.24, 2.45) is 0 Å². The van der Waals surface area contributed by atoms with Crippen molar-refractivity contribution < 1.29 is 33.4 Å². The van der Waals surface area contributed by atoms with Gasteiger partial charge in [-0.05, 0) is 36.2 Å². The Morgan fingerprint density at radius 3 is 2.62 bits per heavy atom. The summed E-state index contributed by atoms with van der Waals surface area (Å²) in [5.74, 6) is -1.62. The third-order valence-corrected chi connectivity index (χ3v) is 5.69. The summed E-state index contributed by atoms with van der Waals surface area (Å²) in [5, 5.41) is 11.5. The van der Waals surface area contributed by atoms with Gasteiger partial charge < -0.3 is 23.9 Å². The number of carbonyl (C=O) groups is 3. The minimum Gasteiger partial charge on any atom is -0.503 e. The van der Waals surface area contributed by atoms with Gasteiger partial charge in [0, 0.05) is 18.9 Å². The molecule has 8 nitrogen and oxygen atoms in total. The number of esters is 1. The molecule has 0 aliphatic carbocycles. The number of benzene rings is 2. The number of Topliss-reactive ketones (excluding diaryl/α,β-unsaturated/α-hetero) is 1. The average molecular weight is 463 g/mol. The zero-order valence-electron chi connectivity index (χ0n) is 19.2. The highest BCUT2D eigenvalue weighted by atomic mass is 16.5. The molecular weight excluding hydrogens is 438 g/mol. The van der Waals surface area contributed by atoms with Gasteiger partial charge in [-0.3, -0.25) is 14.4 Å². The number of hydrogen-bond acceptors (Lipinski definition) is 7. The van der Waals surface area contributed by atoms with Crippen molar-refractivity contribution in [3.63, 3.8) is 0 Å². The maximum Gasteiger partial charge on any atom is 0.308 e. The molecule has 1 N–H and O–H groups in total. The van der Waals surface area contributed by atoms with Crippen molar-refractivity contribution in [3.05, 3.63) is 71.2 Å². The fourth-order valence-corrected chi connectivity index (χ4v) is 4.15. The van der Waals surface area contributed by atoms with Gasteiger partial charge in [-0.1, -0.05) is 37.6 Å². The maximum atomic E-state index is 13.6. The number of unbranched alkanes of at least 4 members (excludes halogenated alkanes) is 1. The highest BCUT2D eigenvalue weighted by Crippen LogP contribution is 2.41. The van der Waals surface area contributed by atoms with E-state index in [-0.39, 0.29) is 17.1 Å². The molecule has 4 rings (SSSR count). The number of rotatable bonds is 8. The van der Waals surface area contributed by atoms with E-state index >= 15 is 0 Å². The van der Waals surface area contributed by atoms with Crippen molar-refractivity contribution in [2.45, 2.75) is 32.7 Å². The normalized spacial score (nSPS) is 15.8. The summed E-state index contributed by atoms with van der Waals surface area (Å²) in [4.78, 5) is 39.5. The van der Waals surface area contributed by atoms with Crippen LogP contribution < -0.4 is 9.47 Å². The molecular formula is C26H25NO7. The SMILES string of the molecule is CCCCN1C(=O)C(O)=C(C(=O)c2cc3cccc(OC)c3o2)C1c1cccc(OC(C)=O)c1. The van der Waals surface area contributed by atoms with E-state index in [4.69, 9.17) is 13.9 Å². The van der Waals surface area contributed by atoms with Crippen LogP contribution in [-0.4, -0.2) is 41.3 Å². The highest BCUT2D eigenvalue weighted by molar-refractivity contribution is 6.16. The minimum absolute atomic E-state index is 0.0210. The molecule has 8 heteroatoms. The van der Waals surface area contributed by atoms with Crippen molar-refractivity contribution in [1.29, 1.82) is 0 Å². The number of aliphatic hydroxyl groups excluding tert-OH is 1. The lowest BCUT2D eigenvalue weighted by molar-refractivity contribution is -0.132. The smallest absolute Gasteiger partial charge is 0.308 e. The molecule has 0 saturated carbocycles. The Bertz CT molecular complexity index is 1300. The first kappa shape index (κ1) is 23.1. The van der Waals surface area contributed by atoms with Crippen LogP contribution >= 0.6 is 0 Å². The summed E-state index contributed by atoms with van der Waals surface area (Å²) in [6.07, 6.45) is 1.50. The van der Waals surface area contributed by atoms with E-state index in [2.05, 4.69) is 0 Å². The van der Waals surface area contributed by atoms with Crippen molar-refractivity contribution in [1.82, 2.24) is 4.90 Å². The zero-order valence-corrected chi connectivity index (χ0v) is 19.2. The third-order valence-electron chi connectivity index (χ3n) is 5.69. The Labute approximate surface area is 196 Å². The maximum absolute atomic E-state index is 13.6. The summed E-state index contributed by atoms with van der Waals surface area (Å²) in [6, 6.07) is 12.5. The van der Waals surface area contributed by atoms with E-state index in [1.54, 1.807) is 48.5 Å². The van der Waals surface area contributed by atoms with Crippen LogP contribution in [0.4, 0.5) is 0 Å². The first-order valence-electron chi connectivity index (χ1n) is 11.0. The lowest BCUT2D eigenvalue weighted by Gasteiger charge is -2.26. The lowest BCUT2D eigenvalue weighted by Crippen LogP contribution is -2.32. The van der Waals surface area contributed by atoms with Crippen LogP contribution in [0.5, 0.6) is 11.5 Å². The van der Waals surface area contributed by atoms with Gasteiger partial charge >= 0.3 is 5.97 Å². The molecule has 1 aromatic heterocycles. The number of furan rings is 1. The number of methoxy groups -OCH3 is 1. The summed E-state index contributed by atoms with van der Waals surface area (Å²) in [6.45, 7) is 3.61. The quantitative estimate of drug-likeness (QED) is 0.292. The Balaban J connectivity index is 1.81. The van der Waals surface area contributed by atoms with Gasteiger partial charge in [0.05, 0.1) is 18.7 Å². The number of amides is 1. The van der Waals surface area contributed by atoms with E-state index in [0.29, 0.717) is 35.2 Å². The van der Waals surface area contributed by atoms with Gasteiger partial charge in [-0.15, -0.1) is 0 Å². The highest BCUT2D eigenvalue weighted by Gasteiger charge is 2.44. The lowest BCUT2D eigenvalue weighted by atomic mass is 9.94. The second-order valence-electron chi connectivity index (χ2n) is 8.00. The molecule has 1 unspecified atom stereocenters. The topological polar surface area (TPSA) is 106 Å². The van der Waals surface area contributed by atoms with E-state index in [9.17, 15) is 19.5 Å². The number of aliphatic hydroxyl groups is 1. The average Bonchev–Trinajstić information content (AvgIpc) is 3.36. The number of fused-ring (bicyclic) bond motifs is 1. The van der Waals surface area contributed by atoms with E-state index in [1.165, 1.54) is 18.9 Å². The molecule has 0 radical (unpaired) electrons. The van der Waals surface area contributed by atoms with Crippen molar-refractivity contribution in [2.75, 3.05) is 13.7 Å². The van der Waals surface area contributed by atoms with Crippen LogP contribution in [-0.2, 0) is 9.59 Å². The van der Waals surface area contributed by atoms with Gasteiger partial charge in [0.25, 0.3) is 5.91 Å². The minimum atomic E-state index is -0.864. The molecule has 1 amide bonds. The molecule has 176 valence electrons. The summed E-state index contributed by atoms with van der Waals surface area (Å²) < 4.78 is 16.3. The molecule has 1 atom stereocenters. The van der Waals surface area contributed by atoms with Crippen molar-refractivity contribution in [3.8, 4) is 11.5 Å². The second-order valence-corrected chi connectivity index (χ2v) is 8.00. The molecule has 2 aromatic carbocycles. The van der Waals surface area contributed by atoms with E-state index in [0.717, 1.165) is 6.42 Å². The van der Waals surface area contributed by atoms with Crippen LogP contribution in [0.2, 0.25) is 0 Å². The van der Waals surface area contributed by atoms with Crippen molar-refractivity contribution >= 4 is 28.6 Å². The summed E-state index contributed by atoms with van der Waals surface area (Å²) in [5.41, 5.74) is 0.845. The molecule has 0 fully saturated rings. The van der Waals surface area contributed by atoms with Crippen LogP contribution in [0.25, 0.3) is 11.0 Å². The summed E-state index contributed by atoms with van der Waals surface area (Å²) >= 11 is 0. The third kappa shape index (κ3) is 4.14. The Morgan fingerprint density at radius 1 is 1.15 bits per heavy atom. The Morgan fingerprint density at radius 2 is 1.91 bits per heavy atom. The fraction of sp³-hybridized carbons (Fsp3) is 0.269. The molecule has 0 saturated heterocycles. The fourth-order valence-electron chi connectivity index (χ4n) is 4.15. The number of nitrogens with zero attached hydrogens (tertiary/aromatic N) is 1. The summed E-state index contributed by atoms with van der Waals surface area (Å²) in [7, 11) is 1.50. The Hall–Kier alpha value is -4.07. The molecule has 3 aromatic rings. The predicted molar refractivity (Wildman–Crippen MR) is 124 cm³/mol. The number of carbonyl (C=O) groups excluding carboxylic acids is 3. The molecule has 2 heterocycles. The van der Waals surface area contributed by atoms with Crippen LogP contribution in [0.3, 0.4) is 0 Å². The predicted octanol–water partition coefficient (Wildman–Crippen LogP) is 4.75. The van der Waals surface area contributed by atoms with E-state index < -0.39 is 29.5 Å². The van der Waals surface area contributed by atoms with Gasteiger partial charge in [0.2, 0.25) is 5.78 Å². The standard InChI is InChI=1S/C26H25NO7/c1-4-5-12-27-22(16-8-6-10-18(13-16)33-15(2)28)21(24(30)26(27)31)23(29)20-14-17-9-7-11-19(32-3)25(17)34-20/h6-11,13-14,22,30H,4-5,12H2,1-3H3. The first-order valence-corrected chi connectivity index (χ1v) is 11.0. The molecule has 0 spiro atoms. The van der Waals surface area contributed by atoms with Crippen LogP contribution in [0.15, 0.2) is 64.3 Å². The van der Waals surface area contributed by atoms with Gasteiger partial charge in [0.1, 0.15) is 5.75 Å². The van der Waals surface area contributed by atoms with E-state index in [1.807, 2.05) is 6.92 Å². The Kier molecular flexibility index (Phi) is 6.40. The van der Waals surface area contributed by atoms with Gasteiger partial charge in [-0.25, -0.2) is 0 Å². The van der Waals surface area contributed by atoms with Crippen LogP contribution in [0, 0.1) is 0 Å². The molecule has 0 bridgehead atoms. The molecule has 1 aliphatic rings.